The number of anilines is 1. The van der Waals surface area contributed by atoms with E-state index in [2.05, 4.69) is 33.7 Å². The maximum absolute atomic E-state index is 10.3. The monoisotopic (exact) mass is 374 g/mol. The summed E-state index contributed by atoms with van der Waals surface area (Å²) in [5.74, 6) is 6.50. The first-order valence-electron chi connectivity index (χ1n) is 9.27. The molecule has 6 N–H and O–H groups in total. The summed E-state index contributed by atoms with van der Waals surface area (Å²) in [5.41, 5.74) is 12.4. The number of nitrogens with zero attached hydrogens (tertiary/aromatic N) is 4. The Morgan fingerprint density at radius 3 is 2.74 bits per heavy atom. The van der Waals surface area contributed by atoms with Crippen molar-refractivity contribution < 1.29 is 14.9 Å². The molecule has 4 atom stereocenters. The van der Waals surface area contributed by atoms with Gasteiger partial charge in [-0.15, -0.1) is 0 Å². The fourth-order valence-corrected chi connectivity index (χ4v) is 3.12. The summed E-state index contributed by atoms with van der Waals surface area (Å²) in [4.78, 5) is 12.8. The number of aromatic nitrogens is 4. The van der Waals surface area contributed by atoms with Gasteiger partial charge in [0.05, 0.1) is 6.33 Å². The van der Waals surface area contributed by atoms with Crippen molar-refractivity contribution in [3.8, 4) is 11.8 Å². The Hall–Kier alpha value is -2.25. The third kappa shape index (κ3) is 4.04. The average Bonchev–Trinajstić information content (AvgIpc) is 3.20. The van der Waals surface area contributed by atoms with E-state index in [-0.39, 0.29) is 12.4 Å². The first-order chi connectivity index (χ1) is 13.1. The Labute approximate surface area is 157 Å². The van der Waals surface area contributed by atoms with Crippen LogP contribution < -0.4 is 11.5 Å². The number of nitrogen functional groups attached to an aromatic ring is 1. The van der Waals surface area contributed by atoms with Crippen LogP contribution in [0.25, 0.3) is 11.2 Å². The number of imidazole rings is 1. The highest BCUT2D eigenvalue weighted by Gasteiger charge is 2.43. The lowest BCUT2D eigenvalue weighted by Crippen LogP contribution is -2.35. The predicted octanol–water partition coefficient (Wildman–Crippen LogP) is 0.308. The van der Waals surface area contributed by atoms with Crippen molar-refractivity contribution >= 4 is 17.0 Å². The van der Waals surface area contributed by atoms with Crippen molar-refractivity contribution in [2.24, 2.45) is 5.73 Å². The molecule has 0 saturated carbocycles. The summed E-state index contributed by atoms with van der Waals surface area (Å²) < 4.78 is 7.20. The lowest BCUT2D eigenvalue weighted by atomic mass is 10.1. The second-order valence-corrected chi connectivity index (χ2v) is 6.65. The van der Waals surface area contributed by atoms with Crippen LogP contribution >= 0.6 is 0 Å². The number of ether oxygens (including phenoxy) is 1. The molecule has 9 heteroatoms. The number of hydrogen-bond donors (Lipinski definition) is 4. The van der Waals surface area contributed by atoms with Crippen LogP contribution in [0.15, 0.2) is 6.33 Å². The Kier molecular flexibility index (Phi) is 6.23. The number of fused-ring (bicyclic) bond motifs is 1. The Bertz CT molecular complexity index is 843. The molecule has 27 heavy (non-hydrogen) atoms. The summed E-state index contributed by atoms with van der Waals surface area (Å²) >= 11 is 0. The molecule has 2 aromatic heterocycles. The van der Waals surface area contributed by atoms with Crippen molar-refractivity contribution in [3.05, 3.63) is 12.2 Å². The van der Waals surface area contributed by atoms with Gasteiger partial charge in [-0.3, -0.25) is 4.57 Å². The number of nitrogens with two attached hydrogens (primary N) is 2. The van der Waals surface area contributed by atoms with Gasteiger partial charge in [0.1, 0.15) is 23.8 Å². The van der Waals surface area contributed by atoms with Gasteiger partial charge in [-0.2, -0.15) is 0 Å². The molecule has 0 aliphatic carbocycles. The van der Waals surface area contributed by atoms with E-state index >= 15 is 0 Å². The zero-order valence-corrected chi connectivity index (χ0v) is 15.4. The molecule has 0 spiro atoms. The van der Waals surface area contributed by atoms with Gasteiger partial charge in [-0.05, 0) is 12.3 Å². The van der Waals surface area contributed by atoms with Crippen LogP contribution in [-0.4, -0.2) is 54.6 Å². The molecule has 1 aliphatic heterocycles. The van der Waals surface area contributed by atoms with Gasteiger partial charge in [0.25, 0.3) is 0 Å². The molecule has 2 unspecified atom stereocenters. The van der Waals surface area contributed by atoms with Gasteiger partial charge < -0.3 is 26.4 Å². The average molecular weight is 374 g/mol. The quantitative estimate of drug-likeness (QED) is 0.417. The number of aliphatic hydroxyl groups excluding tert-OH is 2. The molecule has 1 fully saturated rings. The van der Waals surface area contributed by atoms with E-state index in [0.717, 1.165) is 19.3 Å². The number of aliphatic hydroxyl groups is 2. The molecule has 1 aliphatic rings. The fraction of sp³-hybridized carbons (Fsp3) is 0.611. The minimum Gasteiger partial charge on any atom is -0.387 e. The Morgan fingerprint density at radius 2 is 2.04 bits per heavy atom. The number of rotatable bonds is 6. The second kappa shape index (κ2) is 8.63. The molecular formula is C18H26N6O3. The molecule has 3 rings (SSSR count). The summed E-state index contributed by atoms with van der Waals surface area (Å²) in [6.07, 6.45) is 3.05. The van der Waals surface area contributed by atoms with Crippen LogP contribution in [0.4, 0.5) is 5.82 Å². The SMILES string of the molecule is CCCCCCC#Cc1nc(N)c2ncn([C@@H]3O[C@H](CN)C(O)C3O)c2n1. The maximum Gasteiger partial charge on any atom is 0.208 e. The van der Waals surface area contributed by atoms with Crippen molar-refractivity contribution in [3.63, 3.8) is 0 Å². The highest BCUT2D eigenvalue weighted by Crippen LogP contribution is 2.31. The molecule has 146 valence electrons. The van der Waals surface area contributed by atoms with Crippen molar-refractivity contribution in [2.45, 2.75) is 63.6 Å². The molecule has 0 bridgehead atoms. The van der Waals surface area contributed by atoms with Gasteiger partial charge in [-0.1, -0.05) is 32.1 Å². The van der Waals surface area contributed by atoms with Crippen molar-refractivity contribution in [1.29, 1.82) is 0 Å². The Balaban J connectivity index is 1.84. The smallest absolute Gasteiger partial charge is 0.208 e. The summed E-state index contributed by atoms with van der Waals surface area (Å²) in [7, 11) is 0. The molecule has 2 aromatic rings. The molecule has 1 saturated heterocycles. The third-order valence-electron chi connectivity index (χ3n) is 4.65. The third-order valence-corrected chi connectivity index (χ3v) is 4.65. The van der Waals surface area contributed by atoms with E-state index in [4.69, 9.17) is 16.2 Å². The van der Waals surface area contributed by atoms with Gasteiger partial charge >= 0.3 is 0 Å². The minimum atomic E-state index is -1.15. The first-order valence-corrected chi connectivity index (χ1v) is 9.27. The maximum atomic E-state index is 10.3. The van der Waals surface area contributed by atoms with Crippen LogP contribution in [0.5, 0.6) is 0 Å². The van der Waals surface area contributed by atoms with Crippen LogP contribution in [0.1, 0.15) is 51.1 Å². The molecule has 0 aromatic carbocycles. The number of hydrogen-bond acceptors (Lipinski definition) is 8. The lowest BCUT2D eigenvalue weighted by Gasteiger charge is -2.16. The van der Waals surface area contributed by atoms with Crippen LogP contribution in [-0.2, 0) is 4.74 Å². The summed E-state index contributed by atoms with van der Waals surface area (Å²) in [6, 6.07) is 0. The summed E-state index contributed by atoms with van der Waals surface area (Å²) in [5, 5.41) is 20.3. The van der Waals surface area contributed by atoms with Gasteiger partial charge in [0.2, 0.25) is 5.82 Å². The minimum absolute atomic E-state index is 0.0905. The fourth-order valence-electron chi connectivity index (χ4n) is 3.12. The van der Waals surface area contributed by atoms with E-state index in [1.54, 1.807) is 0 Å². The summed E-state index contributed by atoms with van der Waals surface area (Å²) in [6.45, 7) is 2.26. The van der Waals surface area contributed by atoms with Crippen molar-refractivity contribution in [2.75, 3.05) is 12.3 Å². The standard InChI is InChI=1S/C18H26N6O3/c1-2-3-4-5-6-7-8-12-22-16(20)13-17(23-12)24(10-21-13)18-15(26)14(25)11(9-19)27-18/h10-11,14-15,18,25-26H,2-6,9,19H2,1H3,(H2,20,22,23)/t11-,14?,15?,18-/m1/s1. The molecule has 0 amide bonds. The van der Waals surface area contributed by atoms with E-state index < -0.39 is 24.5 Å². The lowest BCUT2D eigenvalue weighted by molar-refractivity contribution is -0.0322. The highest BCUT2D eigenvalue weighted by atomic mass is 16.6. The van der Waals surface area contributed by atoms with Crippen LogP contribution in [0.3, 0.4) is 0 Å². The highest BCUT2D eigenvalue weighted by molar-refractivity contribution is 5.82. The predicted molar refractivity (Wildman–Crippen MR) is 100 cm³/mol. The normalized spacial score (nSPS) is 24.9. The zero-order valence-electron chi connectivity index (χ0n) is 15.4. The number of unbranched alkanes of at least 4 members (excludes halogenated alkanes) is 4. The molecular weight excluding hydrogens is 348 g/mol. The van der Waals surface area contributed by atoms with Crippen LogP contribution in [0.2, 0.25) is 0 Å². The first kappa shape index (κ1) is 19.5. The van der Waals surface area contributed by atoms with Gasteiger partial charge in [0, 0.05) is 13.0 Å². The Morgan fingerprint density at radius 1 is 1.22 bits per heavy atom. The molecule has 0 radical (unpaired) electrons. The zero-order chi connectivity index (χ0) is 19.4. The van der Waals surface area contributed by atoms with Gasteiger partial charge in [0.15, 0.2) is 17.7 Å². The molecule has 9 nitrogen and oxygen atoms in total. The molecule has 3 heterocycles. The van der Waals surface area contributed by atoms with Crippen molar-refractivity contribution in [1.82, 2.24) is 19.5 Å². The second-order valence-electron chi connectivity index (χ2n) is 6.65. The topological polar surface area (TPSA) is 145 Å². The van der Waals surface area contributed by atoms with E-state index in [0.29, 0.717) is 17.0 Å². The van der Waals surface area contributed by atoms with E-state index in [1.165, 1.54) is 23.7 Å². The largest absolute Gasteiger partial charge is 0.387 e. The van der Waals surface area contributed by atoms with E-state index in [9.17, 15) is 10.2 Å². The van der Waals surface area contributed by atoms with E-state index in [1.807, 2.05) is 0 Å². The van der Waals surface area contributed by atoms with Crippen LogP contribution in [0, 0.1) is 11.8 Å². The van der Waals surface area contributed by atoms with Gasteiger partial charge in [-0.25, -0.2) is 15.0 Å².